The molecule has 0 saturated carbocycles. The molecular weight excluding hydrogens is 433 g/mol. The van der Waals surface area contributed by atoms with E-state index < -0.39 is 41.7 Å². The molecule has 0 aromatic heterocycles. The first-order valence-electron chi connectivity index (χ1n) is 8.14. The van der Waals surface area contributed by atoms with Gasteiger partial charge in [0.1, 0.15) is 24.3 Å². The van der Waals surface area contributed by atoms with Gasteiger partial charge >= 0.3 is 11.9 Å². The van der Waals surface area contributed by atoms with Crippen LogP contribution in [-0.2, 0) is 33.3 Å². The van der Waals surface area contributed by atoms with Crippen LogP contribution >= 0.6 is 35.0 Å². The number of nitrogens with two attached hydrogens (primary N) is 1. The van der Waals surface area contributed by atoms with Gasteiger partial charge in [-0.05, 0) is 18.2 Å². The fourth-order valence-electron chi connectivity index (χ4n) is 2.67. The fraction of sp³-hybridized carbons (Fsp3) is 0.471. The first kappa shape index (κ1) is 22.8. The molecule has 2 rings (SSSR count). The van der Waals surface area contributed by atoms with Gasteiger partial charge in [0.2, 0.25) is 0 Å². The summed E-state index contributed by atoms with van der Waals surface area (Å²) in [6.07, 6.45) is -2.79. The average Bonchev–Trinajstić information content (AvgIpc) is 2.58. The van der Waals surface area contributed by atoms with Crippen molar-refractivity contribution in [2.45, 2.75) is 48.5 Å². The third-order valence-corrected chi connectivity index (χ3v) is 5.31. The average molecular weight is 452 g/mol. The van der Waals surface area contributed by atoms with Crippen LogP contribution in [0.5, 0.6) is 0 Å². The van der Waals surface area contributed by atoms with Crippen LogP contribution in [0.15, 0.2) is 23.1 Å². The van der Waals surface area contributed by atoms with Crippen LogP contribution in [0.4, 0.5) is 0 Å². The Bertz CT molecular complexity index is 713. The molecule has 1 heterocycles. The Kier molecular flexibility index (Phi) is 8.38. The van der Waals surface area contributed by atoms with E-state index in [9.17, 15) is 14.4 Å². The van der Waals surface area contributed by atoms with Crippen molar-refractivity contribution in [2.24, 2.45) is 5.73 Å². The van der Waals surface area contributed by atoms with Gasteiger partial charge in [0, 0.05) is 28.8 Å². The molecule has 0 amide bonds. The number of halogens is 2. The number of hydrogen-bond donors (Lipinski definition) is 1. The predicted molar refractivity (Wildman–Crippen MR) is 102 cm³/mol. The van der Waals surface area contributed by atoms with Crippen LogP contribution in [0, 0.1) is 0 Å². The minimum Gasteiger partial charge on any atom is -0.463 e. The molecule has 0 bridgehead atoms. The van der Waals surface area contributed by atoms with Crippen molar-refractivity contribution in [3.8, 4) is 0 Å². The topological polar surface area (TPSA) is 114 Å². The van der Waals surface area contributed by atoms with Gasteiger partial charge in [0.15, 0.2) is 6.10 Å². The molecular formula is C17H19Cl2NO7S. The number of carbonyl (C=O) groups excluding carboxylic acids is 3. The van der Waals surface area contributed by atoms with Gasteiger partial charge in [-0.25, -0.2) is 0 Å². The lowest BCUT2D eigenvalue weighted by Gasteiger charge is -2.43. The number of rotatable bonds is 7. The zero-order valence-electron chi connectivity index (χ0n) is 15.0. The van der Waals surface area contributed by atoms with Crippen LogP contribution in [0.3, 0.4) is 0 Å². The molecule has 28 heavy (non-hydrogen) atoms. The number of thioether (sulfide) groups is 1. The second-order valence-electron chi connectivity index (χ2n) is 5.92. The van der Waals surface area contributed by atoms with E-state index in [2.05, 4.69) is 0 Å². The smallest absolute Gasteiger partial charge is 0.303 e. The maximum Gasteiger partial charge on any atom is 0.303 e. The SMILES string of the molecule is CC(=O)OCC1OC(Sc2cc(Cl)cc(Cl)c2)C(OC(C)=O)C(N)C1OC=O. The molecule has 0 radical (unpaired) electrons. The molecule has 1 aromatic carbocycles. The maximum atomic E-state index is 11.6. The Labute approximate surface area is 175 Å². The highest BCUT2D eigenvalue weighted by Crippen LogP contribution is 2.37. The highest BCUT2D eigenvalue weighted by molar-refractivity contribution is 7.99. The molecule has 5 atom stereocenters. The summed E-state index contributed by atoms with van der Waals surface area (Å²) >= 11 is 13.2. The number of carbonyl (C=O) groups is 3. The summed E-state index contributed by atoms with van der Waals surface area (Å²) in [6, 6.07) is 3.97. The standard InChI is InChI=1S/C17H19Cl2NO7S/c1-8(22)24-6-13-15(25-7-21)14(20)16(26-9(2)23)17(27-13)28-12-4-10(18)3-11(19)5-12/h3-5,7,13-17H,6,20H2,1-2H3. The molecule has 1 saturated heterocycles. The van der Waals surface area contributed by atoms with Crippen LogP contribution in [0.2, 0.25) is 10.0 Å². The molecule has 1 aliphatic rings. The Morgan fingerprint density at radius 3 is 2.36 bits per heavy atom. The molecule has 2 N–H and O–H groups in total. The van der Waals surface area contributed by atoms with E-state index in [1.165, 1.54) is 25.6 Å². The third kappa shape index (κ3) is 6.25. The predicted octanol–water partition coefficient (Wildman–Crippen LogP) is 2.17. The number of esters is 2. The van der Waals surface area contributed by atoms with Crippen LogP contribution < -0.4 is 5.73 Å². The van der Waals surface area contributed by atoms with Crippen molar-refractivity contribution >= 4 is 53.4 Å². The Morgan fingerprint density at radius 2 is 1.82 bits per heavy atom. The molecule has 1 aliphatic heterocycles. The summed E-state index contributed by atoms with van der Waals surface area (Å²) in [4.78, 5) is 34.3. The fourth-order valence-corrected chi connectivity index (χ4v) is 4.55. The monoisotopic (exact) mass is 451 g/mol. The Morgan fingerprint density at radius 1 is 1.18 bits per heavy atom. The molecule has 0 aliphatic carbocycles. The maximum absolute atomic E-state index is 11.6. The van der Waals surface area contributed by atoms with Gasteiger partial charge in [-0.2, -0.15) is 0 Å². The van der Waals surface area contributed by atoms with E-state index in [0.717, 1.165) is 0 Å². The van der Waals surface area contributed by atoms with E-state index in [1.807, 2.05) is 0 Å². The number of ether oxygens (including phenoxy) is 4. The lowest BCUT2D eigenvalue weighted by atomic mass is 9.98. The quantitative estimate of drug-likeness (QED) is 0.378. The molecule has 11 heteroatoms. The van der Waals surface area contributed by atoms with Gasteiger partial charge in [-0.15, -0.1) is 0 Å². The van der Waals surface area contributed by atoms with Crippen molar-refractivity contribution in [1.82, 2.24) is 0 Å². The summed E-state index contributed by atoms with van der Waals surface area (Å²) in [5, 5.41) is 0.829. The van der Waals surface area contributed by atoms with E-state index in [4.69, 9.17) is 47.9 Å². The number of hydrogen-bond acceptors (Lipinski definition) is 9. The van der Waals surface area contributed by atoms with Gasteiger partial charge in [0.05, 0.1) is 6.04 Å². The van der Waals surface area contributed by atoms with Crippen LogP contribution in [0.1, 0.15) is 13.8 Å². The van der Waals surface area contributed by atoms with Crippen molar-refractivity contribution in [3.63, 3.8) is 0 Å². The molecule has 1 fully saturated rings. The van der Waals surface area contributed by atoms with Crippen LogP contribution in [0.25, 0.3) is 0 Å². The highest BCUT2D eigenvalue weighted by atomic mass is 35.5. The van der Waals surface area contributed by atoms with Crippen molar-refractivity contribution < 1.29 is 33.3 Å². The summed E-state index contributed by atoms with van der Waals surface area (Å²) in [6.45, 7) is 2.48. The summed E-state index contributed by atoms with van der Waals surface area (Å²) in [5.41, 5.74) is 5.42. The zero-order valence-corrected chi connectivity index (χ0v) is 17.3. The first-order valence-corrected chi connectivity index (χ1v) is 9.78. The Hall–Kier alpha value is -1.52. The van der Waals surface area contributed by atoms with Crippen molar-refractivity contribution in [2.75, 3.05) is 6.61 Å². The van der Waals surface area contributed by atoms with E-state index in [0.29, 0.717) is 14.9 Å². The second-order valence-corrected chi connectivity index (χ2v) is 7.96. The zero-order chi connectivity index (χ0) is 20.8. The largest absolute Gasteiger partial charge is 0.463 e. The highest BCUT2D eigenvalue weighted by Gasteiger charge is 2.48. The van der Waals surface area contributed by atoms with Gasteiger partial charge < -0.3 is 24.7 Å². The molecule has 0 spiro atoms. The molecule has 1 aromatic rings. The van der Waals surface area contributed by atoms with Crippen LogP contribution in [-0.4, -0.2) is 54.8 Å². The lowest BCUT2D eigenvalue weighted by molar-refractivity contribution is -0.196. The van der Waals surface area contributed by atoms with E-state index >= 15 is 0 Å². The third-order valence-electron chi connectivity index (χ3n) is 3.76. The van der Waals surface area contributed by atoms with Gasteiger partial charge in [-0.1, -0.05) is 35.0 Å². The summed E-state index contributed by atoms with van der Waals surface area (Å²) in [7, 11) is 0. The normalized spacial score (nSPS) is 27.0. The minimum atomic E-state index is -0.985. The summed E-state index contributed by atoms with van der Waals surface area (Å²) in [5.74, 6) is -1.11. The molecule has 5 unspecified atom stereocenters. The molecule has 154 valence electrons. The van der Waals surface area contributed by atoms with Gasteiger partial charge in [0.25, 0.3) is 6.47 Å². The Balaban J connectivity index is 2.30. The first-order chi connectivity index (χ1) is 13.2. The molecule has 8 nitrogen and oxygen atoms in total. The van der Waals surface area contributed by atoms with E-state index in [-0.39, 0.29) is 13.1 Å². The van der Waals surface area contributed by atoms with Gasteiger partial charge in [-0.3, -0.25) is 14.4 Å². The van der Waals surface area contributed by atoms with Crippen molar-refractivity contribution in [1.29, 1.82) is 0 Å². The number of benzene rings is 1. The lowest BCUT2D eigenvalue weighted by Crippen LogP contribution is -2.63. The summed E-state index contributed by atoms with van der Waals surface area (Å²) < 4.78 is 21.3. The second kappa shape index (κ2) is 10.3. The van der Waals surface area contributed by atoms with Crippen molar-refractivity contribution in [3.05, 3.63) is 28.2 Å². The minimum absolute atomic E-state index is 0.193. The van der Waals surface area contributed by atoms with E-state index in [1.54, 1.807) is 18.2 Å².